The molecule has 0 bridgehead atoms. The Morgan fingerprint density at radius 2 is 1.55 bits per heavy atom. The Bertz CT molecular complexity index is 217. The third-order valence-corrected chi connectivity index (χ3v) is 0.944. The van der Waals surface area contributed by atoms with Crippen molar-refractivity contribution < 1.29 is 29.3 Å². The molecule has 11 heavy (non-hydrogen) atoms. The molecule has 0 aromatic carbocycles. The topological polar surface area (TPSA) is 93.1 Å². The minimum Gasteiger partial charge on any atom is -0.370 e. The Hall–Kier alpha value is -1.40. The molecule has 0 aromatic rings. The van der Waals surface area contributed by atoms with Gasteiger partial charge in [0.15, 0.2) is 0 Å². The Balaban J connectivity index is 2.87. The van der Waals surface area contributed by atoms with Crippen molar-refractivity contribution in [3.05, 3.63) is 12.2 Å². The first-order valence-corrected chi connectivity index (χ1v) is 2.53. The SMILES string of the molecule is C=C1C(=O)OC(O)(O)OC1=O. The third kappa shape index (κ3) is 1.36. The summed E-state index contributed by atoms with van der Waals surface area (Å²) in [5.41, 5.74) is -0.580. The number of cyclic esters (lactones) is 2. The van der Waals surface area contributed by atoms with Gasteiger partial charge in [0.05, 0.1) is 0 Å². The normalized spacial score (nSPS) is 22.5. The Morgan fingerprint density at radius 1 is 1.18 bits per heavy atom. The molecule has 0 atom stereocenters. The minimum absolute atomic E-state index is 0.580. The molecule has 60 valence electrons. The number of hydrogen-bond donors (Lipinski definition) is 2. The lowest BCUT2D eigenvalue weighted by Crippen LogP contribution is -2.45. The number of esters is 2. The van der Waals surface area contributed by atoms with Gasteiger partial charge in [-0.1, -0.05) is 6.58 Å². The summed E-state index contributed by atoms with van der Waals surface area (Å²) in [5.74, 6) is -2.43. The first-order valence-electron chi connectivity index (χ1n) is 2.53. The molecule has 0 aromatic heterocycles. The van der Waals surface area contributed by atoms with Crippen LogP contribution in [-0.2, 0) is 19.1 Å². The van der Waals surface area contributed by atoms with E-state index in [1.54, 1.807) is 0 Å². The second-order valence-corrected chi connectivity index (χ2v) is 1.81. The van der Waals surface area contributed by atoms with Gasteiger partial charge in [-0.15, -0.1) is 0 Å². The molecule has 6 nitrogen and oxygen atoms in total. The minimum atomic E-state index is -3.16. The fourth-order valence-corrected chi connectivity index (χ4v) is 0.469. The summed E-state index contributed by atoms with van der Waals surface area (Å²) in [6, 6.07) is 0. The summed E-state index contributed by atoms with van der Waals surface area (Å²) in [6.07, 6.45) is -3.16. The fourth-order valence-electron chi connectivity index (χ4n) is 0.469. The van der Waals surface area contributed by atoms with Crippen LogP contribution >= 0.6 is 0 Å². The smallest absolute Gasteiger partial charge is 0.370 e. The molecule has 1 aliphatic rings. The van der Waals surface area contributed by atoms with Crippen LogP contribution in [0.3, 0.4) is 0 Å². The van der Waals surface area contributed by atoms with Gasteiger partial charge in [-0.05, 0) is 0 Å². The second kappa shape index (κ2) is 2.04. The van der Waals surface area contributed by atoms with E-state index in [9.17, 15) is 9.59 Å². The monoisotopic (exact) mass is 160 g/mol. The van der Waals surface area contributed by atoms with Crippen LogP contribution in [0.5, 0.6) is 0 Å². The number of carbonyl (C=O) groups excluding carboxylic acids is 2. The van der Waals surface area contributed by atoms with E-state index in [1.165, 1.54) is 0 Å². The van der Waals surface area contributed by atoms with Crippen molar-refractivity contribution in [2.24, 2.45) is 0 Å². The Labute approximate surface area is 60.6 Å². The average Bonchev–Trinajstić information content (AvgIpc) is 1.81. The zero-order valence-corrected chi connectivity index (χ0v) is 5.23. The molecular weight excluding hydrogens is 156 g/mol. The molecule has 0 radical (unpaired) electrons. The maximum atomic E-state index is 10.5. The van der Waals surface area contributed by atoms with Crippen molar-refractivity contribution in [3.8, 4) is 0 Å². The lowest BCUT2D eigenvalue weighted by molar-refractivity contribution is -0.437. The van der Waals surface area contributed by atoms with Crippen LogP contribution in [0.2, 0.25) is 0 Å². The van der Waals surface area contributed by atoms with Gasteiger partial charge in [0.1, 0.15) is 5.57 Å². The zero-order chi connectivity index (χ0) is 8.65. The van der Waals surface area contributed by atoms with Gasteiger partial charge in [0.2, 0.25) is 0 Å². The molecule has 1 saturated heterocycles. The van der Waals surface area contributed by atoms with Crippen molar-refractivity contribution in [3.63, 3.8) is 0 Å². The van der Waals surface area contributed by atoms with Crippen LogP contribution in [0.1, 0.15) is 0 Å². The van der Waals surface area contributed by atoms with Crippen molar-refractivity contribution in [1.29, 1.82) is 0 Å². The number of ether oxygens (including phenoxy) is 2. The Morgan fingerprint density at radius 3 is 1.91 bits per heavy atom. The van der Waals surface area contributed by atoms with Crippen LogP contribution < -0.4 is 0 Å². The first-order chi connectivity index (χ1) is 4.92. The van der Waals surface area contributed by atoms with Crippen LogP contribution in [-0.4, -0.2) is 28.3 Å². The van der Waals surface area contributed by atoms with Crippen LogP contribution in [0.25, 0.3) is 0 Å². The van der Waals surface area contributed by atoms with Crippen molar-refractivity contribution in [1.82, 2.24) is 0 Å². The molecule has 2 N–H and O–H groups in total. The lowest BCUT2D eigenvalue weighted by atomic mass is 10.3. The molecule has 1 heterocycles. The third-order valence-electron chi connectivity index (χ3n) is 0.944. The highest BCUT2D eigenvalue weighted by molar-refractivity contribution is 6.14. The molecule has 1 fully saturated rings. The van der Waals surface area contributed by atoms with Gasteiger partial charge in [0, 0.05) is 0 Å². The van der Waals surface area contributed by atoms with Crippen LogP contribution in [0.15, 0.2) is 12.2 Å². The lowest BCUT2D eigenvalue weighted by Gasteiger charge is -2.24. The summed E-state index contributed by atoms with van der Waals surface area (Å²) in [6.45, 7) is 2.97. The Kier molecular flexibility index (Phi) is 1.43. The van der Waals surface area contributed by atoms with Crippen molar-refractivity contribution in [2.75, 3.05) is 0 Å². The molecule has 1 rings (SSSR count). The maximum Gasteiger partial charge on any atom is 0.509 e. The van der Waals surface area contributed by atoms with Crippen molar-refractivity contribution in [2.45, 2.75) is 6.16 Å². The number of hydrogen-bond acceptors (Lipinski definition) is 6. The zero-order valence-electron chi connectivity index (χ0n) is 5.23. The molecule has 0 saturated carbocycles. The largest absolute Gasteiger partial charge is 0.509 e. The predicted octanol–water partition coefficient (Wildman–Crippen LogP) is -1.76. The van der Waals surface area contributed by atoms with Gasteiger partial charge in [-0.25, -0.2) is 9.59 Å². The van der Waals surface area contributed by atoms with E-state index < -0.39 is 23.7 Å². The van der Waals surface area contributed by atoms with Gasteiger partial charge in [-0.2, -0.15) is 0 Å². The molecule has 1 aliphatic heterocycles. The summed E-state index contributed by atoms with van der Waals surface area (Å²) >= 11 is 0. The molecule has 0 aliphatic carbocycles. The fraction of sp³-hybridized carbons (Fsp3) is 0.200. The standard InChI is InChI=1S/C5H4O6/c1-2-3(6)10-5(8,9)11-4(2)7/h8-9H,1H2. The first kappa shape index (κ1) is 7.70. The number of aliphatic hydroxyl groups is 2. The number of rotatable bonds is 0. The van der Waals surface area contributed by atoms with Crippen LogP contribution in [0.4, 0.5) is 0 Å². The van der Waals surface area contributed by atoms with Gasteiger partial charge >= 0.3 is 18.1 Å². The highest BCUT2D eigenvalue weighted by atomic mass is 17.0. The summed E-state index contributed by atoms with van der Waals surface area (Å²) in [7, 11) is 0. The highest BCUT2D eigenvalue weighted by Crippen LogP contribution is 2.16. The van der Waals surface area contributed by atoms with E-state index in [2.05, 4.69) is 16.1 Å². The van der Waals surface area contributed by atoms with Crippen LogP contribution in [0, 0.1) is 0 Å². The molecule has 0 amide bonds. The predicted molar refractivity (Wildman–Crippen MR) is 28.5 cm³/mol. The number of carbonyl (C=O) groups is 2. The maximum absolute atomic E-state index is 10.5. The van der Waals surface area contributed by atoms with E-state index in [0.717, 1.165) is 0 Å². The van der Waals surface area contributed by atoms with E-state index in [0.29, 0.717) is 0 Å². The quantitative estimate of drug-likeness (QED) is 0.189. The van der Waals surface area contributed by atoms with E-state index in [-0.39, 0.29) is 0 Å². The highest BCUT2D eigenvalue weighted by Gasteiger charge is 2.43. The van der Waals surface area contributed by atoms with Gasteiger partial charge in [-0.3, -0.25) is 10.2 Å². The summed E-state index contributed by atoms with van der Waals surface area (Å²) < 4.78 is 7.57. The molecule has 6 heteroatoms. The molecular formula is C5H4O6. The molecule has 0 spiro atoms. The van der Waals surface area contributed by atoms with E-state index >= 15 is 0 Å². The summed E-state index contributed by atoms with van der Waals surface area (Å²) in [4.78, 5) is 21.0. The van der Waals surface area contributed by atoms with Gasteiger partial charge < -0.3 is 9.47 Å². The van der Waals surface area contributed by atoms with Crippen molar-refractivity contribution >= 4 is 11.9 Å². The summed E-state index contributed by atoms with van der Waals surface area (Å²) in [5, 5.41) is 16.9. The van der Waals surface area contributed by atoms with E-state index in [4.69, 9.17) is 10.2 Å². The van der Waals surface area contributed by atoms with Gasteiger partial charge in [0.25, 0.3) is 0 Å². The molecule has 0 unspecified atom stereocenters. The second-order valence-electron chi connectivity index (χ2n) is 1.81. The van der Waals surface area contributed by atoms with E-state index in [1.807, 2.05) is 0 Å². The average molecular weight is 160 g/mol.